The highest BCUT2D eigenvalue weighted by atomic mass is 16.6. The summed E-state index contributed by atoms with van der Waals surface area (Å²) in [6.45, 7) is 10.4. The van der Waals surface area contributed by atoms with Crippen molar-refractivity contribution in [3.63, 3.8) is 0 Å². The van der Waals surface area contributed by atoms with Gasteiger partial charge in [0.05, 0.1) is 24.4 Å². The van der Waals surface area contributed by atoms with Gasteiger partial charge in [-0.3, -0.25) is 14.6 Å². The number of aromatic nitrogens is 1. The third kappa shape index (κ3) is 3.79. The molecular weight excluding hydrogens is 414 g/mol. The van der Waals surface area contributed by atoms with Crippen LogP contribution in [0.15, 0.2) is 48.5 Å². The van der Waals surface area contributed by atoms with Crippen LogP contribution < -0.4 is 0 Å². The lowest BCUT2D eigenvalue weighted by atomic mass is 9.82. The molecule has 3 aromatic rings. The monoisotopic (exact) mass is 445 g/mol. The van der Waals surface area contributed by atoms with Crippen LogP contribution >= 0.6 is 0 Å². The topological polar surface area (TPSA) is 65.5 Å². The standard InChI is InChI=1S/C28H31NO4/c1-6-32-25(30)28(26(31)33-7-2)16-15-20-23(18-11-9-8-10-12-18)21-17-19(27(3,4)5)13-14-22(21)29-24(20)28/h8-14,17H,6-7,15-16H2,1-5H3. The number of carbonyl (C=O) groups is 2. The first-order valence-corrected chi connectivity index (χ1v) is 11.6. The highest BCUT2D eigenvalue weighted by molar-refractivity contribution is 6.09. The summed E-state index contributed by atoms with van der Waals surface area (Å²) in [5.74, 6) is -1.17. The van der Waals surface area contributed by atoms with Gasteiger partial charge in [-0.25, -0.2) is 0 Å². The van der Waals surface area contributed by atoms with Gasteiger partial charge in [0.2, 0.25) is 5.41 Å². The van der Waals surface area contributed by atoms with Gasteiger partial charge in [-0.2, -0.15) is 0 Å². The molecule has 1 aromatic heterocycles. The zero-order chi connectivity index (χ0) is 23.8. The summed E-state index contributed by atoms with van der Waals surface area (Å²) in [6, 6.07) is 16.4. The van der Waals surface area contributed by atoms with E-state index in [-0.39, 0.29) is 25.0 Å². The molecule has 0 atom stereocenters. The zero-order valence-electron chi connectivity index (χ0n) is 20.0. The van der Waals surface area contributed by atoms with Crippen molar-refractivity contribution in [2.45, 2.75) is 58.3 Å². The van der Waals surface area contributed by atoms with E-state index in [1.54, 1.807) is 13.8 Å². The number of benzene rings is 2. The molecule has 4 rings (SSSR count). The van der Waals surface area contributed by atoms with Gasteiger partial charge >= 0.3 is 11.9 Å². The number of esters is 2. The number of hydrogen-bond acceptors (Lipinski definition) is 5. The van der Waals surface area contributed by atoms with Gasteiger partial charge in [0.25, 0.3) is 0 Å². The smallest absolute Gasteiger partial charge is 0.329 e. The normalized spacial score (nSPS) is 14.7. The number of pyridine rings is 1. The van der Waals surface area contributed by atoms with Crippen molar-refractivity contribution in [2.75, 3.05) is 13.2 Å². The van der Waals surface area contributed by atoms with Crippen LogP contribution in [0.4, 0.5) is 0 Å². The summed E-state index contributed by atoms with van der Waals surface area (Å²) < 4.78 is 10.8. The lowest BCUT2D eigenvalue weighted by Gasteiger charge is -2.26. The molecule has 5 heteroatoms. The summed E-state index contributed by atoms with van der Waals surface area (Å²) in [5, 5.41) is 1.02. The molecule has 0 radical (unpaired) electrons. The van der Waals surface area contributed by atoms with Crippen LogP contribution in [0, 0.1) is 0 Å². The Hall–Kier alpha value is -3.21. The van der Waals surface area contributed by atoms with E-state index in [4.69, 9.17) is 14.5 Å². The lowest BCUT2D eigenvalue weighted by molar-refractivity contribution is -0.165. The van der Waals surface area contributed by atoms with E-state index < -0.39 is 17.4 Å². The Morgan fingerprint density at radius 2 is 1.61 bits per heavy atom. The van der Waals surface area contributed by atoms with E-state index in [9.17, 15) is 9.59 Å². The Bertz CT molecular complexity index is 1190. The van der Waals surface area contributed by atoms with Crippen molar-refractivity contribution in [1.82, 2.24) is 4.98 Å². The third-order valence-electron chi connectivity index (χ3n) is 6.42. The Balaban J connectivity index is 2.07. The third-order valence-corrected chi connectivity index (χ3v) is 6.42. The molecule has 0 amide bonds. The second-order valence-corrected chi connectivity index (χ2v) is 9.51. The lowest BCUT2D eigenvalue weighted by Crippen LogP contribution is -2.45. The van der Waals surface area contributed by atoms with Gasteiger partial charge in [-0.05, 0) is 66.5 Å². The van der Waals surface area contributed by atoms with Gasteiger partial charge in [-0.1, -0.05) is 57.2 Å². The van der Waals surface area contributed by atoms with E-state index in [0.717, 1.165) is 27.6 Å². The van der Waals surface area contributed by atoms with Crippen LogP contribution in [0.3, 0.4) is 0 Å². The Labute approximate surface area is 195 Å². The van der Waals surface area contributed by atoms with Gasteiger partial charge in [0.1, 0.15) is 0 Å². The minimum absolute atomic E-state index is 0.0270. The highest BCUT2D eigenvalue weighted by Crippen LogP contribution is 2.47. The molecule has 1 aliphatic rings. The maximum atomic E-state index is 13.3. The first-order valence-electron chi connectivity index (χ1n) is 11.6. The van der Waals surface area contributed by atoms with Crippen LogP contribution in [0.25, 0.3) is 22.0 Å². The average molecular weight is 446 g/mol. The maximum Gasteiger partial charge on any atom is 0.329 e. The molecule has 33 heavy (non-hydrogen) atoms. The first-order chi connectivity index (χ1) is 15.7. The van der Waals surface area contributed by atoms with Crippen molar-refractivity contribution < 1.29 is 19.1 Å². The number of fused-ring (bicyclic) bond motifs is 2. The molecule has 172 valence electrons. The Morgan fingerprint density at radius 3 is 2.18 bits per heavy atom. The van der Waals surface area contributed by atoms with E-state index >= 15 is 0 Å². The van der Waals surface area contributed by atoms with Crippen LogP contribution in [0.5, 0.6) is 0 Å². The van der Waals surface area contributed by atoms with Crippen LogP contribution in [0.2, 0.25) is 0 Å². The van der Waals surface area contributed by atoms with Crippen molar-refractivity contribution in [2.24, 2.45) is 0 Å². The number of carbonyl (C=O) groups excluding carboxylic acids is 2. The molecule has 0 spiro atoms. The number of rotatable bonds is 5. The number of nitrogens with zero attached hydrogens (tertiary/aromatic N) is 1. The van der Waals surface area contributed by atoms with E-state index in [1.807, 2.05) is 24.3 Å². The van der Waals surface area contributed by atoms with Crippen molar-refractivity contribution in [3.8, 4) is 11.1 Å². The van der Waals surface area contributed by atoms with Crippen molar-refractivity contribution in [1.29, 1.82) is 0 Å². The van der Waals surface area contributed by atoms with E-state index in [0.29, 0.717) is 12.1 Å². The molecule has 0 N–H and O–H groups in total. The largest absolute Gasteiger partial charge is 0.465 e. The number of hydrogen-bond donors (Lipinski definition) is 0. The van der Waals surface area contributed by atoms with Crippen molar-refractivity contribution in [3.05, 3.63) is 65.4 Å². The summed E-state index contributed by atoms with van der Waals surface area (Å²) in [4.78, 5) is 31.4. The molecule has 5 nitrogen and oxygen atoms in total. The molecule has 0 aliphatic heterocycles. The Kier molecular flexibility index (Phi) is 6.00. The summed E-state index contributed by atoms with van der Waals surface area (Å²) in [6.07, 6.45) is 0.829. The molecule has 2 aromatic carbocycles. The molecule has 0 saturated carbocycles. The molecule has 0 fully saturated rings. The van der Waals surface area contributed by atoms with Gasteiger partial charge in [0, 0.05) is 5.39 Å². The highest BCUT2D eigenvalue weighted by Gasteiger charge is 2.56. The second kappa shape index (κ2) is 8.62. The fourth-order valence-electron chi connectivity index (χ4n) is 4.72. The van der Waals surface area contributed by atoms with E-state index in [2.05, 4.69) is 45.0 Å². The molecule has 0 unspecified atom stereocenters. The summed E-state index contributed by atoms with van der Waals surface area (Å²) in [7, 11) is 0. The molecule has 0 saturated heterocycles. The second-order valence-electron chi connectivity index (χ2n) is 9.51. The first kappa shape index (κ1) is 23.0. The van der Waals surface area contributed by atoms with Crippen LogP contribution in [-0.2, 0) is 36.3 Å². The van der Waals surface area contributed by atoms with Crippen LogP contribution in [-0.4, -0.2) is 30.1 Å². The molecule has 1 aliphatic carbocycles. The molecular formula is C28H31NO4. The van der Waals surface area contributed by atoms with E-state index in [1.165, 1.54) is 5.56 Å². The minimum Gasteiger partial charge on any atom is -0.465 e. The van der Waals surface area contributed by atoms with Gasteiger partial charge in [-0.15, -0.1) is 0 Å². The fraction of sp³-hybridized carbons (Fsp3) is 0.393. The van der Waals surface area contributed by atoms with Gasteiger partial charge < -0.3 is 9.47 Å². The maximum absolute atomic E-state index is 13.3. The zero-order valence-corrected chi connectivity index (χ0v) is 20.0. The Morgan fingerprint density at radius 1 is 0.970 bits per heavy atom. The quantitative estimate of drug-likeness (QED) is 0.383. The molecule has 0 bridgehead atoms. The molecule has 1 heterocycles. The average Bonchev–Trinajstić information content (AvgIpc) is 3.17. The summed E-state index contributed by atoms with van der Waals surface area (Å²) >= 11 is 0. The predicted octanol–water partition coefficient (Wildman–Crippen LogP) is 5.51. The predicted molar refractivity (Wildman–Crippen MR) is 129 cm³/mol. The summed E-state index contributed by atoms with van der Waals surface area (Å²) in [5.41, 5.74) is 3.83. The SMILES string of the molecule is CCOC(=O)C1(C(=O)OCC)CCc2c1nc1ccc(C(C)(C)C)cc1c2-c1ccccc1. The number of ether oxygens (including phenoxy) is 2. The fourth-order valence-corrected chi connectivity index (χ4v) is 4.72. The minimum atomic E-state index is -1.54. The van der Waals surface area contributed by atoms with Crippen LogP contribution in [0.1, 0.15) is 57.9 Å². The van der Waals surface area contributed by atoms with Gasteiger partial charge in [0.15, 0.2) is 0 Å². The van der Waals surface area contributed by atoms with Crippen molar-refractivity contribution >= 4 is 22.8 Å².